The summed E-state index contributed by atoms with van der Waals surface area (Å²) < 4.78 is 44.3. The van der Waals surface area contributed by atoms with Crippen LogP contribution in [0.4, 0.5) is 10.1 Å². The van der Waals surface area contributed by atoms with Gasteiger partial charge in [0.15, 0.2) is 0 Å². The molecule has 10 heteroatoms. The second-order valence-corrected chi connectivity index (χ2v) is 10.5. The Labute approximate surface area is 213 Å². The van der Waals surface area contributed by atoms with Crippen LogP contribution in [-0.2, 0) is 26.2 Å². The summed E-state index contributed by atoms with van der Waals surface area (Å²) in [5.74, 6) is -0.294. The maximum atomic E-state index is 13.3. The lowest BCUT2D eigenvalue weighted by Gasteiger charge is -2.29. The van der Waals surface area contributed by atoms with Crippen molar-refractivity contribution in [2.24, 2.45) is 0 Å². The van der Waals surface area contributed by atoms with Crippen molar-refractivity contribution < 1.29 is 27.1 Å². The molecule has 2 aromatic carbocycles. The van der Waals surface area contributed by atoms with Gasteiger partial charge >= 0.3 is 0 Å². The molecular weight excluding hydrogens is 485 g/mol. The zero-order chi connectivity index (χ0) is 26.7. The van der Waals surface area contributed by atoms with Crippen molar-refractivity contribution in [1.29, 1.82) is 0 Å². The van der Waals surface area contributed by atoms with E-state index in [2.05, 4.69) is 5.32 Å². The summed E-state index contributed by atoms with van der Waals surface area (Å²) in [6.45, 7) is 4.51. The number of rotatable bonds is 14. The number of hydrogen-bond acceptors (Lipinski definition) is 5. The molecule has 0 aliphatic carbocycles. The van der Waals surface area contributed by atoms with E-state index in [9.17, 15) is 22.4 Å². The zero-order valence-corrected chi connectivity index (χ0v) is 22.2. The van der Waals surface area contributed by atoms with E-state index in [4.69, 9.17) is 4.74 Å². The van der Waals surface area contributed by atoms with Crippen LogP contribution < -0.4 is 14.4 Å². The minimum atomic E-state index is -3.64. The number of anilines is 1. The number of carbonyl (C=O) groups is 2. The summed E-state index contributed by atoms with van der Waals surface area (Å²) >= 11 is 0. The number of amides is 2. The molecule has 0 radical (unpaired) electrons. The predicted molar refractivity (Wildman–Crippen MR) is 139 cm³/mol. The monoisotopic (exact) mass is 521 g/mol. The molecule has 36 heavy (non-hydrogen) atoms. The van der Waals surface area contributed by atoms with Crippen molar-refractivity contribution in [3.05, 3.63) is 59.9 Å². The number of nitrogens with one attached hydrogen (secondary N) is 1. The number of methoxy groups -OCH3 is 1. The standard InChI is InChI=1S/C26H36FN3O5S/c1-5-6-17-28-26(32)20(2)29(19-21-9-15-24(35-3)16-10-21)25(31)8-7-18-30(36(4,33)34)23-13-11-22(27)12-14-23/h9-16,20H,5-8,17-19H2,1-4H3,(H,28,32)/t20-/m0/s1. The van der Waals surface area contributed by atoms with E-state index in [0.29, 0.717) is 18.0 Å². The first-order valence-electron chi connectivity index (χ1n) is 12.0. The van der Waals surface area contributed by atoms with Gasteiger partial charge in [0.2, 0.25) is 21.8 Å². The normalized spacial score (nSPS) is 12.0. The van der Waals surface area contributed by atoms with Crippen molar-refractivity contribution in [2.75, 3.05) is 30.8 Å². The van der Waals surface area contributed by atoms with Gasteiger partial charge in [-0.25, -0.2) is 12.8 Å². The Morgan fingerprint density at radius 1 is 1.06 bits per heavy atom. The van der Waals surface area contributed by atoms with E-state index >= 15 is 0 Å². The number of ether oxygens (including phenoxy) is 1. The Morgan fingerprint density at radius 3 is 2.25 bits per heavy atom. The molecule has 0 saturated carbocycles. The molecule has 8 nitrogen and oxygen atoms in total. The van der Waals surface area contributed by atoms with E-state index in [1.165, 1.54) is 29.2 Å². The van der Waals surface area contributed by atoms with Crippen LogP contribution in [0, 0.1) is 5.82 Å². The lowest BCUT2D eigenvalue weighted by molar-refractivity contribution is -0.140. The van der Waals surface area contributed by atoms with E-state index in [-0.39, 0.29) is 37.7 Å². The van der Waals surface area contributed by atoms with Crippen molar-refractivity contribution >= 4 is 27.5 Å². The van der Waals surface area contributed by atoms with Crippen molar-refractivity contribution in [1.82, 2.24) is 10.2 Å². The molecule has 1 N–H and O–H groups in total. The Bertz CT molecular complexity index is 1090. The summed E-state index contributed by atoms with van der Waals surface area (Å²) in [4.78, 5) is 27.5. The molecular formula is C26H36FN3O5S. The molecule has 0 aromatic heterocycles. The van der Waals surface area contributed by atoms with Crippen LogP contribution in [-0.4, -0.2) is 57.6 Å². The minimum absolute atomic E-state index is 0.0376. The molecule has 0 aliphatic heterocycles. The number of carbonyl (C=O) groups excluding carboxylic acids is 2. The predicted octanol–water partition coefficient (Wildman–Crippen LogP) is 3.71. The number of benzene rings is 2. The average Bonchev–Trinajstić information content (AvgIpc) is 2.85. The molecule has 2 aromatic rings. The molecule has 198 valence electrons. The molecule has 1 atom stereocenters. The average molecular weight is 522 g/mol. The SMILES string of the molecule is CCCCNC(=O)[C@H](C)N(Cc1ccc(OC)cc1)C(=O)CCCN(c1ccc(F)cc1)S(C)(=O)=O. The fourth-order valence-corrected chi connectivity index (χ4v) is 4.62. The number of halogens is 1. The van der Waals surface area contributed by atoms with E-state index in [1.807, 2.05) is 19.1 Å². The summed E-state index contributed by atoms with van der Waals surface area (Å²) in [5.41, 5.74) is 1.16. The lowest BCUT2D eigenvalue weighted by atomic mass is 10.1. The third kappa shape index (κ3) is 8.82. The van der Waals surface area contributed by atoms with Crippen LogP contribution in [0.1, 0.15) is 45.1 Å². The van der Waals surface area contributed by atoms with Gasteiger partial charge < -0.3 is 15.0 Å². The molecule has 0 spiro atoms. The molecule has 2 amide bonds. The number of sulfonamides is 1. The largest absolute Gasteiger partial charge is 0.497 e. The van der Waals surface area contributed by atoms with E-state index < -0.39 is 21.9 Å². The van der Waals surface area contributed by atoms with Crippen LogP contribution in [0.15, 0.2) is 48.5 Å². The lowest BCUT2D eigenvalue weighted by Crippen LogP contribution is -2.47. The summed E-state index contributed by atoms with van der Waals surface area (Å²) in [6, 6.07) is 11.7. The van der Waals surface area contributed by atoms with Gasteiger partial charge in [-0.2, -0.15) is 0 Å². The number of nitrogens with zero attached hydrogens (tertiary/aromatic N) is 2. The van der Waals surface area contributed by atoms with Crippen molar-refractivity contribution in [2.45, 2.75) is 52.1 Å². The maximum Gasteiger partial charge on any atom is 0.242 e. The van der Waals surface area contributed by atoms with E-state index in [1.54, 1.807) is 26.2 Å². The highest BCUT2D eigenvalue weighted by Gasteiger charge is 2.26. The number of unbranched alkanes of at least 4 members (excludes halogenated alkanes) is 1. The van der Waals surface area contributed by atoms with Crippen LogP contribution in [0.3, 0.4) is 0 Å². The van der Waals surface area contributed by atoms with Gasteiger partial charge in [-0.05, 0) is 61.7 Å². The molecule has 0 heterocycles. The van der Waals surface area contributed by atoms with Gasteiger partial charge in [0.25, 0.3) is 0 Å². The second-order valence-electron chi connectivity index (χ2n) is 8.61. The highest BCUT2D eigenvalue weighted by molar-refractivity contribution is 7.92. The fraction of sp³-hybridized carbons (Fsp3) is 0.462. The molecule has 0 fully saturated rings. The van der Waals surface area contributed by atoms with Gasteiger partial charge in [0.05, 0.1) is 19.1 Å². The summed E-state index contributed by atoms with van der Waals surface area (Å²) in [7, 11) is -2.07. The third-order valence-electron chi connectivity index (χ3n) is 5.78. The topological polar surface area (TPSA) is 96.0 Å². The Balaban J connectivity index is 2.14. The molecule has 0 saturated heterocycles. The zero-order valence-electron chi connectivity index (χ0n) is 21.4. The maximum absolute atomic E-state index is 13.3. The first-order chi connectivity index (χ1) is 17.1. The number of hydrogen-bond donors (Lipinski definition) is 1. The Morgan fingerprint density at radius 2 is 1.69 bits per heavy atom. The first kappa shape index (κ1) is 29.1. The summed E-state index contributed by atoms with van der Waals surface area (Å²) in [6.07, 6.45) is 3.11. The van der Waals surface area contributed by atoms with Gasteiger partial charge in [-0.15, -0.1) is 0 Å². The molecule has 2 rings (SSSR count). The third-order valence-corrected chi connectivity index (χ3v) is 6.97. The summed E-state index contributed by atoms with van der Waals surface area (Å²) in [5, 5.41) is 2.87. The van der Waals surface area contributed by atoms with Crippen molar-refractivity contribution in [3.8, 4) is 5.75 Å². The molecule has 0 unspecified atom stereocenters. The Hall–Kier alpha value is -3.14. The molecule has 0 bridgehead atoms. The fourth-order valence-electron chi connectivity index (χ4n) is 3.66. The van der Waals surface area contributed by atoms with Gasteiger partial charge in [0, 0.05) is 26.1 Å². The Kier molecular flexibility index (Phi) is 11.2. The van der Waals surface area contributed by atoms with Crippen LogP contribution in [0.2, 0.25) is 0 Å². The minimum Gasteiger partial charge on any atom is -0.497 e. The first-order valence-corrected chi connectivity index (χ1v) is 13.8. The van der Waals surface area contributed by atoms with Crippen LogP contribution in [0.5, 0.6) is 5.75 Å². The van der Waals surface area contributed by atoms with Gasteiger partial charge in [-0.1, -0.05) is 25.5 Å². The van der Waals surface area contributed by atoms with Crippen LogP contribution >= 0.6 is 0 Å². The highest BCUT2D eigenvalue weighted by Crippen LogP contribution is 2.20. The van der Waals surface area contributed by atoms with E-state index in [0.717, 1.165) is 29.0 Å². The van der Waals surface area contributed by atoms with Crippen LogP contribution in [0.25, 0.3) is 0 Å². The van der Waals surface area contributed by atoms with Crippen molar-refractivity contribution in [3.63, 3.8) is 0 Å². The highest BCUT2D eigenvalue weighted by atomic mass is 32.2. The quantitative estimate of drug-likeness (QED) is 0.383. The smallest absolute Gasteiger partial charge is 0.242 e. The second kappa shape index (κ2) is 13.8. The van der Waals surface area contributed by atoms with Gasteiger partial charge in [-0.3, -0.25) is 13.9 Å². The van der Waals surface area contributed by atoms with Gasteiger partial charge in [0.1, 0.15) is 17.6 Å². The molecule has 0 aliphatic rings.